The molecule has 0 bridgehead atoms. The van der Waals surface area contributed by atoms with E-state index in [2.05, 4.69) is 20.8 Å². The molecule has 3 nitrogen and oxygen atoms in total. The predicted octanol–water partition coefficient (Wildman–Crippen LogP) is 1.82. The highest BCUT2D eigenvalue weighted by molar-refractivity contribution is 6.53. The van der Waals surface area contributed by atoms with Crippen molar-refractivity contribution in [1.29, 1.82) is 0 Å². The van der Waals surface area contributed by atoms with Crippen LogP contribution in [0.5, 0.6) is 0 Å². The van der Waals surface area contributed by atoms with Gasteiger partial charge in [0, 0.05) is 17.9 Å². The van der Waals surface area contributed by atoms with Gasteiger partial charge in [0.15, 0.2) is 9.04 Å². The van der Waals surface area contributed by atoms with E-state index in [1.165, 1.54) is 6.04 Å². The van der Waals surface area contributed by atoms with Crippen LogP contribution in [0.2, 0.25) is 11.6 Å². The Balaban J connectivity index is 1.96. The van der Waals surface area contributed by atoms with E-state index in [0.29, 0.717) is 6.10 Å². The molecule has 2 aliphatic heterocycles. The average molecular weight is 244 g/mol. The summed E-state index contributed by atoms with van der Waals surface area (Å²) in [5.74, 6) is 1.51. The van der Waals surface area contributed by atoms with Crippen molar-refractivity contribution in [2.45, 2.75) is 38.5 Å². The molecule has 2 fully saturated rings. The Labute approximate surface area is 100 Å². The van der Waals surface area contributed by atoms with Crippen LogP contribution in [0.4, 0.5) is 0 Å². The summed E-state index contributed by atoms with van der Waals surface area (Å²) in [6.07, 6.45) is 0.376. The summed E-state index contributed by atoms with van der Waals surface area (Å²) in [5.41, 5.74) is 0.773. The molecule has 0 aromatic heterocycles. The molecule has 94 valence electrons. The zero-order valence-corrected chi connectivity index (χ0v) is 11.8. The maximum atomic E-state index is 6.20. The highest BCUT2D eigenvalue weighted by Gasteiger charge is 2.43. The van der Waals surface area contributed by atoms with Crippen molar-refractivity contribution < 1.29 is 13.9 Å². The fourth-order valence-electron chi connectivity index (χ4n) is 2.75. The van der Waals surface area contributed by atoms with Gasteiger partial charge >= 0.3 is 0 Å². The van der Waals surface area contributed by atoms with E-state index >= 15 is 0 Å². The van der Waals surface area contributed by atoms with Crippen molar-refractivity contribution in [1.82, 2.24) is 0 Å². The second-order valence-corrected chi connectivity index (χ2v) is 8.24. The summed E-state index contributed by atoms with van der Waals surface area (Å²) in [6.45, 7) is 10.4. The molecule has 4 heteroatoms. The summed E-state index contributed by atoms with van der Waals surface area (Å²) >= 11 is 0. The minimum absolute atomic E-state index is 0.376. The van der Waals surface area contributed by atoms with Gasteiger partial charge in [-0.05, 0) is 25.4 Å². The van der Waals surface area contributed by atoms with Gasteiger partial charge in [-0.15, -0.1) is 0 Å². The van der Waals surface area contributed by atoms with E-state index in [1.54, 1.807) is 0 Å². The third-order valence-electron chi connectivity index (χ3n) is 3.69. The van der Waals surface area contributed by atoms with Crippen molar-refractivity contribution in [3.63, 3.8) is 0 Å². The Hall–Kier alpha value is 0.0969. The Morgan fingerprint density at radius 1 is 1.12 bits per heavy atom. The molecular weight excluding hydrogens is 220 g/mol. The lowest BCUT2D eigenvalue weighted by atomic mass is 9.91. The van der Waals surface area contributed by atoms with Gasteiger partial charge in [0.1, 0.15) is 0 Å². The fourth-order valence-corrected chi connectivity index (χ4v) is 6.03. The normalized spacial score (nSPS) is 24.6. The van der Waals surface area contributed by atoms with E-state index in [1.807, 2.05) is 0 Å². The molecule has 2 heterocycles. The molecule has 0 N–H and O–H groups in total. The number of rotatable bonds is 6. The van der Waals surface area contributed by atoms with Crippen LogP contribution in [0, 0.1) is 11.8 Å². The molecule has 0 radical (unpaired) electrons. The van der Waals surface area contributed by atoms with E-state index in [9.17, 15) is 0 Å². The Morgan fingerprint density at radius 3 is 1.88 bits per heavy atom. The van der Waals surface area contributed by atoms with Crippen molar-refractivity contribution in [3.05, 3.63) is 0 Å². The first-order chi connectivity index (χ1) is 7.72. The van der Waals surface area contributed by atoms with Gasteiger partial charge in [0.05, 0.1) is 26.4 Å². The Bertz CT molecular complexity index is 200. The predicted molar refractivity (Wildman–Crippen MR) is 66.2 cm³/mol. The largest absolute Gasteiger partial charge is 0.417 e. The molecule has 0 amide bonds. The monoisotopic (exact) mass is 244 g/mol. The molecule has 0 spiro atoms. The highest BCUT2D eigenvalue weighted by Crippen LogP contribution is 2.40. The quantitative estimate of drug-likeness (QED) is 0.667. The van der Waals surface area contributed by atoms with Crippen LogP contribution < -0.4 is 0 Å². The summed E-state index contributed by atoms with van der Waals surface area (Å²) in [7, 11) is -1.09. The van der Waals surface area contributed by atoms with Crippen LogP contribution in [-0.2, 0) is 13.9 Å². The molecule has 1 atom stereocenters. The van der Waals surface area contributed by atoms with E-state index in [0.717, 1.165) is 43.8 Å². The SMILES string of the molecule is CC[SiH](OC(C)C)C(C1COC1)C1COC1. The summed E-state index contributed by atoms with van der Waals surface area (Å²) in [5, 5.41) is 0. The number of hydrogen-bond donors (Lipinski definition) is 0. The first-order valence-electron chi connectivity index (χ1n) is 6.53. The van der Waals surface area contributed by atoms with Crippen LogP contribution in [0.15, 0.2) is 0 Å². The highest BCUT2D eigenvalue weighted by atomic mass is 28.3. The summed E-state index contributed by atoms with van der Waals surface area (Å²) in [6, 6.07) is 1.23. The fraction of sp³-hybridized carbons (Fsp3) is 1.00. The van der Waals surface area contributed by atoms with Crippen molar-refractivity contribution in [2.24, 2.45) is 11.8 Å². The van der Waals surface area contributed by atoms with Gasteiger partial charge in [-0.25, -0.2) is 0 Å². The zero-order chi connectivity index (χ0) is 11.5. The third-order valence-corrected chi connectivity index (χ3v) is 7.34. The van der Waals surface area contributed by atoms with Crippen LogP contribution in [-0.4, -0.2) is 41.6 Å². The molecule has 2 rings (SSSR count). The standard InChI is InChI=1S/C12H24O3Si/c1-4-16(15-9(2)3)12(10-5-13-6-10)11-7-14-8-11/h9-12,16H,4-8H2,1-3H3. The summed E-state index contributed by atoms with van der Waals surface area (Å²) in [4.78, 5) is 0. The van der Waals surface area contributed by atoms with Gasteiger partial charge in [-0.1, -0.05) is 6.92 Å². The van der Waals surface area contributed by atoms with Gasteiger partial charge in [0.25, 0.3) is 0 Å². The topological polar surface area (TPSA) is 27.7 Å². The molecule has 0 aliphatic carbocycles. The maximum absolute atomic E-state index is 6.20. The minimum Gasteiger partial charge on any atom is -0.417 e. The van der Waals surface area contributed by atoms with Crippen molar-refractivity contribution >= 4 is 9.04 Å². The lowest BCUT2D eigenvalue weighted by Crippen LogP contribution is -2.48. The molecule has 0 aromatic rings. The van der Waals surface area contributed by atoms with Gasteiger partial charge in [0.2, 0.25) is 0 Å². The number of hydrogen-bond acceptors (Lipinski definition) is 3. The van der Waals surface area contributed by atoms with Crippen LogP contribution >= 0.6 is 0 Å². The number of ether oxygens (including phenoxy) is 2. The zero-order valence-electron chi connectivity index (χ0n) is 10.6. The van der Waals surface area contributed by atoms with E-state index in [4.69, 9.17) is 13.9 Å². The molecule has 2 saturated heterocycles. The third kappa shape index (κ3) is 2.67. The average Bonchev–Trinajstić information content (AvgIpc) is 2.07. The summed E-state index contributed by atoms with van der Waals surface area (Å²) < 4.78 is 16.9. The lowest BCUT2D eigenvalue weighted by molar-refractivity contribution is -0.0929. The molecule has 1 unspecified atom stereocenters. The van der Waals surface area contributed by atoms with Crippen LogP contribution in [0.1, 0.15) is 20.8 Å². The van der Waals surface area contributed by atoms with Gasteiger partial charge in [-0.3, -0.25) is 0 Å². The van der Waals surface area contributed by atoms with Crippen molar-refractivity contribution in [2.75, 3.05) is 26.4 Å². The van der Waals surface area contributed by atoms with Gasteiger partial charge < -0.3 is 13.9 Å². The minimum atomic E-state index is -1.09. The van der Waals surface area contributed by atoms with Crippen LogP contribution in [0.3, 0.4) is 0 Å². The molecule has 2 aliphatic rings. The first kappa shape index (κ1) is 12.6. The molecule has 0 aromatic carbocycles. The first-order valence-corrected chi connectivity index (χ1v) is 8.48. The van der Waals surface area contributed by atoms with Crippen LogP contribution in [0.25, 0.3) is 0 Å². The molecule has 0 saturated carbocycles. The molecule has 16 heavy (non-hydrogen) atoms. The Morgan fingerprint density at radius 2 is 1.62 bits per heavy atom. The molecular formula is C12H24O3Si. The smallest absolute Gasteiger partial charge is 0.181 e. The Kier molecular flexibility index (Phi) is 4.41. The second-order valence-electron chi connectivity index (χ2n) is 5.30. The second kappa shape index (κ2) is 5.62. The van der Waals surface area contributed by atoms with Gasteiger partial charge in [-0.2, -0.15) is 0 Å². The lowest BCUT2D eigenvalue weighted by Gasteiger charge is -2.45. The van der Waals surface area contributed by atoms with Crippen molar-refractivity contribution in [3.8, 4) is 0 Å². The van der Waals surface area contributed by atoms with E-state index < -0.39 is 9.04 Å². The maximum Gasteiger partial charge on any atom is 0.181 e. The van der Waals surface area contributed by atoms with E-state index in [-0.39, 0.29) is 0 Å².